The first kappa shape index (κ1) is 22.1. The number of piperidine rings is 1. The first-order chi connectivity index (χ1) is 16.1. The Hall–Kier alpha value is -4.07. The molecule has 1 aliphatic rings. The lowest BCUT2D eigenvalue weighted by Gasteiger charge is -2.26. The fraction of sp³-hybridized carbons (Fsp3) is 0.240. The molecule has 2 heterocycles. The number of likely N-dealkylation sites (tertiary alicyclic amines) is 1. The van der Waals surface area contributed by atoms with Gasteiger partial charge in [0.05, 0.1) is 12.8 Å². The molecule has 0 aliphatic carbocycles. The molecule has 170 valence electrons. The van der Waals surface area contributed by atoms with E-state index >= 15 is 0 Å². The highest BCUT2D eigenvalue weighted by molar-refractivity contribution is 6.02. The second-order valence-electron chi connectivity index (χ2n) is 7.85. The predicted molar refractivity (Wildman–Crippen MR) is 126 cm³/mol. The molecule has 0 spiro atoms. The third-order valence-corrected chi connectivity index (χ3v) is 5.36. The fourth-order valence-electron chi connectivity index (χ4n) is 3.70. The SMILES string of the molecule is O=C(CNc1cccc(NC(=O)c2ccco2)c1)Nc1cccc(C(=O)N2CCCCC2)c1. The summed E-state index contributed by atoms with van der Waals surface area (Å²) in [6.45, 7) is 1.58. The number of carbonyl (C=O) groups excluding carboxylic acids is 3. The van der Waals surface area contributed by atoms with Crippen molar-refractivity contribution in [2.75, 3.05) is 35.6 Å². The van der Waals surface area contributed by atoms with Crippen LogP contribution in [0.2, 0.25) is 0 Å². The van der Waals surface area contributed by atoms with E-state index in [1.165, 1.54) is 6.26 Å². The van der Waals surface area contributed by atoms with Gasteiger partial charge < -0.3 is 25.3 Å². The van der Waals surface area contributed by atoms with Crippen LogP contribution in [0.3, 0.4) is 0 Å². The van der Waals surface area contributed by atoms with Crippen LogP contribution in [0.5, 0.6) is 0 Å². The lowest BCUT2D eigenvalue weighted by molar-refractivity contribution is -0.114. The summed E-state index contributed by atoms with van der Waals surface area (Å²) >= 11 is 0. The van der Waals surface area contributed by atoms with Crippen molar-refractivity contribution in [2.45, 2.75) is 19.3 Å². The van der Waals surface area contributed by atoms with Crippen LogP contribution < -0.4 is 16.0 Å². The van der Waals surface area contributed by atoms with Gasteiger partial charge in [-0.1, -0.05) is 12.1 Å². The number of hydrogen-bond acceptors (Lipinski definition) is 5. The lowest BCUT2D eigenvalue weighted by Crippen LogP contribution is -2.35. The zero-order chi connectivity index (χ0) is 23.0. The molecule has 0 radical (unpaired) electrons. The van der Waals surface area contributed by atoms with Crippen molar-refractivity contribution in [3.8, 4) is 0 Å². The maximum Gasteiger partial charge on any atom is 0.291 e. The minimum absolute atomic E-state index is 0.00247. The Morgan fingerprint density at radius 2 is 1.55 bits per heavy atom. The van der Waals surface area contributed by atoms with Gasteiger partial charge in [-0.25, -0.2) is 0 Å². The molecule has 3 amide bonds. The summed E-state index contributed by atoms with van der Waals surface area (Å²) in [7, 11) is 0. The Morgan fingerprint density at radius 3 is 2.30 bits per heavy atom. The number of amides is 3. The molecule has 0 saturated carbocycles. The number of carbonyl (C=O) groups is 3. The molecular formula is C25H26N4O4. The highest BCUT2D eigenvalue weighted by Gasteiger charge is 2.18. The predicted octanol–water partition coefficient (Wildman–Crippen LogP) is 4.21. The Labute approximate surface area is 192 Å². The molecule has 3 N–H and O–H groups in total. The molecule has 33 heavy (non-hydrogen) atoms. The molecule has 1 saturated heterocycles. The van der Waals surface area contributed by atoms with E-state index in [4.69, 9.17) is 4.42 Å². The van der Waals surface area contributed by atoms with Crippen LogP contribution >= 0.6 is 0 Å². The third kappa shape index (κ3) is 6.00. The van der Waals surface area contributed by atoms with E-state index in [0.717, 1.165) is 32.4 Å². The van der Waals surface area contributed by atoms with Gasteiger partial charge in [-0.2, -0.15) is 0 Å². The summed E-state index contributed by atoms with van der Waals surface area (Å²) in [5.41, 5.74) is 2.40. The quantitative estimate of drug-likeness (QED) is 0.504. The minimum Gasteiger partial charge on any atom is -0.459 e. The second kappa shape index (κ2) is 10.5. The molecule has 0 bridgehead atoms. The Bertz CT molecular complexity index is 1120. The van der Waals surface area contributed by atoms with Crippen LogP contribution in [-0.4, -0.2) is 42.3 Å². The molecule has 2 aromatic carbocycles. The van der Waals surface area contributed by atoms with Crippen molar-refractivity contribution in [1.82, 2.24) is 4.90 Å². The number of nitrogens with one attached hydrogen (secondary N) is 3. The number of rotatable bonds is 7. The van der Waals surface area contributed by atoms with Crippen LogP contribution in [0.1, 0.15) is 40.2 Å². The molecule has 3 aromatic rings. The average Bonchev–Trinajstić information content (AvgIpc) is 3.39. The van der Waals surface area contributed by atoms with E-state index in [0.29, 0.717) is 22.6 Å². The summed E-state index contributed by atoms with van der Waals surface area (Å²) in [5.74, 6) is -0.387. The Morgan fingerprint density at radius 1 is 0.818 bits per heavy atom. The number of hydrogen-bond donors (Lipinski definition) is 3. The normalized spacial score (nSPS) is 13.3. The van der Waals surface area contributed by atoms with Gasteiger partial charge in [0.2, 0.25) is 5.91 Å². The average molecular weight is 447 g/mol. The Balaban J connectivity index is 1.30. The number of anilines is 3. The van der Waals surface area contributed by atoms with Gasteiger partial charge in [0, 0.05) is 35.7 Å². The molecule has 1 aromatic heterocycles. The fourth-order valence-corrected chi connectivity index (χ4v) is 3.70. The van der Waals surface area contributed by atoms with Crippen LogP contribution in [-0.2, 0) is 4.79 Å². The van der Waals surface area contributed by atoms with Crippen molar-refractivity contribution in [3.05, 3.63) is 78.3 Å². The van der Waals surface area contributed by atoms with Crippen molar-refractivity contribution >= 4 is 34.8 Å². The molecule has 4 rings (SSSR count). The van der Waals surface area contributed by atoms with E-state index in [2.05, 4.69) is 16.0 Å². The van der Waals surface area contributed by atoms with Gasteiger partial charge >= 0.3 is 0 Å². The van der Waals surface area contributed by atoms with Crippen LogP contribution in [0.25, 0.3) is 0 Å². The number of benzene rings is 2. The summed E-state index contributed by atoms with van der Waals surface area (Å²) in [6, 6.07) is 17.3. The smallest absolute Gasteiger partial charge is 0.291 e. The lowest BCUT2D eigenvalue weighted by atomic mass is 10.1. The summed E-state index contributed by atoms with van der Waals surface area (Å²) in [4.78, 5) is 39.1. The number of nitrogens with zero attached hydrogens (tertiary/aromatic N) is 1. The number of furan rings is 1. The van der Waals surface area contributed by atoms with Crippen molar-refractivity contribution in [1.29, 1.82) is 0 Å². The second-order valence-corrected chi connectivity index (χ2v) is 7.85. The largest absolute Gasteiger partial charge is 0.459 e. The molecule has 1 fully saturated rings. The molecule has 8 nitrogen and oxygen atoms in total. The summed E-state index contributed by atoms with van der Waals surface area (Å²) < 4.78 is 5.09. The first-order valence-corrected chi connectivity index (χ1v) is 11.0. The van der Waals surface area contributed by atoms with Crippen molar-refractivity contribution in [2.24, 2.45) is 0 Å². The van der Waals surface area contributed by atoms with E-state index in [1.807, 2.05) is 4.90 Å². The van der Waals surface area contributed by atoms with E-state index in [-0.39, 0.29) is 30.0 Å². The van der Waals surface area contributed by atoms with Crippen molar-refractivity contribution < 1.29 is 18.8 Å². The van der Waals surface area contributed by atoms with Gasteiger partial charge in [0.25, 0.3) is 11.8 Å². The topological polar surface area (TPSA) is 104 Å². The minimum atomic E-state index is -0.353. The van der Waals surface area contributed by atoms with E-state index < -0.39 is 0 Å². The maximum absolute atomic E-state index is 12.7. The van der Waals surface area contributed by atoms with Gasteiger partial charge in [-0.05, 0) is 67.8 Å². The van der Waals surface area contributed by atoms with Crippen LogP contribution in [0.4, 0.5) is 17.1 Å². The monoisotopic (exact) mass is 446 g/mol. The first-order valence-electron chi connectivity index (χ1n) is 11.0. The zero-order valence-corrected chi connectivity index (χ0v) is 18.2. The zero-order valence-electron chi connectivity index (χ0n) is 18.2. The van der Waals surface area contributed by atoms with E-state index in [9.17, 15) is 14.4 Å². The molecular weight excluding hydrogens is 420 g/mol. The highest BCUT2D eigenvalue weighted by atomic mass is 16.3. The Kier molecular flexibility index (Phi) is 7.04. The summed E-state index contributed by atoms with van der Waals surface area (Å²) in [6.07, 6.45) is 4.65. The molecule has 0 unspecified atom stereocenters. The molecule has 1 aliphatic heterocycles. The maximum atomic E-state index is 12.7. The molecule has 0 atom stereocenters. The standard InChI is InChI=1S/C25H26N4O4/c30-23(27-20-9-4-7-18(15-20)25(32)29-12-2-1-3-13-29)17-26-19-8-5-10-21(16-19)28-24(31)22-11-6-14-33-22/h4-11,14-16,26H,1-3,12-13,17H2,(H,27,30)(H,28,31). The van der Waals surface area contributed by atoms with Gasteiger partial charge in [0.1, 0.15) is 0 Å². The van der Waals surface area contributed by atoms with Crippen molar-refractivity contribution in [3.63, 3.8) is 0 Å². The van der Waals surface area contributed by atoms with Crippen LogP contribution in [0, 0.1) is 0 Å². The van der Waals surface area contributed by atoms with Gasteiger partial charge in [0.15, 0.2) is 5.76 Å². The summed E-state index contributed by atoms with van der Waals surface area (Å²) in [5, 5.41) is 8.61. The highest BCUT2D eigenvalue weighted by Crippen LogP contribution is 2.18. The van der Waals surface area contributed by atoms with Gasteiger partial charge in [-0.3, -0.25) is 14.4 Å². The van der Waals surface area contributed by atoms with E-state index in [1.54, 1.807) is 60.7 Å². The molecule has 8 heteroatoms. The van der Waals surface area contributed by atoms with Crippen LogP contribution in [0.15, 0.2) is 71.3 Å². The van der Waals surface area contributed by atoms with Gasteiger partial charge in [-0.15, -0.1) is 0 Å². The third-order valence-electron chi connectivity index (χ3n) is 5.36.